The first-order valence-corrected chi connectivity index (χ1v) is 8.89. The van der Waals surface area contributed by atoms with Gasteiger partial charge in [-0.25, -0.2) is 4.79 Å². The highest BCUT2D eigenvalue weighted by Crippen LogP contribution is 2.34. The molecule has 124 valence electrons. The number of rotatable bonds is 5. The fraction of sp³-hybridized carbons (Fsp3) is 0.706. The van der Waals surface area contributed by atoms with E-state index in [2.05, 4.69) is 37.5 Å². The maximum Gasteiger partial charge on any atom is 0.317 e. The Morgan fingerprint density at radius 2 is 2.27 bits per heavy atom. The Hall–Kier alpha value is -1.07. The van der Waals surface area contributed by atoms with Gasteiger partial charge in [-0.3, -0.25) is 0 Å². The average Bonchev–Trinajstić information content (AvgIpc) is 3.12. The third-order valence-corrected chi connectivity index (χ3v) is 5.14. The molecule has 0 radical (unpaired) electrons. The Morgan fingerprint density at radius 3 is 2.91 bits per heavy atom. The highest BCUT2D eigenvalue weighted by atomic mass is 32.1. The molecule has 1 fully saturated rings. The van der Waals surface area contributed by atoms with E-state index >= 15 is 0 Å². The molecule has 1 aliphatic heterocycles. The molecular formula is C17H28N2O2S. The number of carbonyl (C=O) groups is 1. The van der Waals surface area contributed by atoms with Crippen molar-refractivity contribution in [3.8, 4) is 0 Å². The van der Waals surface area contributed by atoms with Crippen LogP contribution in [0.3, 0.4) is 0 Å². The number of thiophene rings is 1. The summed E-state index contributed by atoms with van der Waals surface area (Å²) in [4.78, 5) is 15.3. The molecule has 2 amide bonds. The van der Waals surface area contributed by atoms with Crippen LogP contribution >= 0.6 is 11.3 Å². The molecule has 0 aliphatic carbocycles. The van der Waals surface area contributed by atoms with E-state index in [-0.39, 0.29) is 17.6 Å². The van der Waals surface area contributed by atoms with Crippen molar-refractivity contribution in [2.24, 2.45) is 11.3 Å². The van der Waals surface area contributed by atoms with Crippen molar-refractivity contribution in [2.45, 2.75) is 39.7 Å². The molecule has 2 heterocycles. The van der Waals surface area contributed by atoms with Crippen molar-refractivity contribution < 1.29 is 9.53 Å². The van der Waals surface area contributed by atoms with Gasteiger partial charge in [-0.2, -0.15) is 0 Å². The molecular weight excluding hydrogens is 296 g/mol. The number of ether oxygens (including phenoxy) is 1. The molecule has 0 aromatic carbocycles. The minimum Gasteiger partial charge on any atom is -0.377 e. The second kappa shape index (κ2) is 7.47. The number of likely N-dealkylation sites (N-methyl/N-ethyl adjacent to an activating group) is 1. The van der Waals surface area contributed by atoms with Gasteiger partial charge in [-0.05, 0) is 29.7 Å². The first kappa shape index (κ1) is 17.3. The predicted octanol–water partition coefficient (Wildman–Crippen LogP) is 3.38. The number of hydrogen-bond donors (Lipinski definition) is 1. The van der Waals surface area contributed by atoms with Crippen LogP contribution in [-0.4, -0.2) is 43.8 Å². The van der Waals surface area contributed by atoms with Crippen molar-refractivity contribution in [3.63, 3.8) is 0 Å². The lowest BCUT2D eigenvalue weighted by atomic mass is 9.81. The molecule has 0 saturated carbocycles. The van der Waals surface area contributed by atoms with Gasteiger partial charge in [0.15, 0.2) is 0 Å². The summed E-state index contributed by atoms with van der Waals surface area (Å²) in [6.07, 6.45) is 2.17. The summed E-state index contributed by atoms with van der Waals surface area (Å²) < 4.78 is 5.86. The summed E-state index contributed by atoms with van der Waals surface area (Å²) in [6.45, 7) is 8.85. The molecule has 22 heavy (non-hydrogen) atoms. The lowest BCUT2D eigenvalue weighted by Crippen LogP contribution is -2.43. The number of amides is 2. The maximum atomic E-state index is 12.2. The van der Waals surface area contributed by atoms with Crippen LogP contribution in [0.5, 0.6) is 0 Å². The Bertz CT molecular complexity index is 468. The van der Waals surface area contributed by atoms with Gasteiger partial charge in [0.1, 0.15) is 0 Å². The van der Waals surface area contributed by atoms with Gasteiger partial charge < -0.3 is 15.0 Å². The fourth-order valence-corrected chi connectivity index (χ4v) is 3.69. The summed E-state index contributed by atoms with van der Waals surface area (Å²) in [5, 5.41) is 5.14. The minimum atomic E-state index is 0.0103. The van der Waals surface area contributed by atoms with Crippen LogP contribution in [0.2, 0.25) is 0 Å². The number of hydrogen-bond acceptors (Lipinski definition) is 3. The van der Waals surface area contributed by atoms with E-state index in [0.717, 1.165) is 26.0 Å². The Kier molecular flexibility index (Phi) is 5.87. The van der Waals surface area contributed by atoms with Gasteiger partial charge in [-0.15, -0.1) is 11.3 Å². The quantitative estimate of drug-likeness (QED) is 0.902. The lowest BCUT2D eigenvalue weighted by molar-refractivity contribution is 0.00759. The van der Waals surface area contributed by atoms with Crippen molar-refractivity contribution in [1.82, 2.24) is 10.2 Å². The summed E-state index contributed by atoms with van der Waals surface area (Å²) in [6, 6.07) is 4.17. The molecule has 1 N–H and O–H groups in total. The van der Waals surface area contributed by atoms with E-state index in [1.807, 2.05) is 13.1 Å². The van der Waals surface area contributed by atoms with E-state index < -0.39 is 0 Å². The first-order chi connectivity index (χ1) is 10.4. The monoisotopic (exact) mass is 324 g/mol. The largest absolute Gasteiger partial charge is 0.377 e. The number of nitrogens with one attached hydrogen (secondary N) is 1. The van der Waals surface area contributed by atoms with Crippen molar-refractivity contribution in [2.75, 3.05) is 26.7 Å². The molecule has 2 atom stereocenters. The molecule has 1 aromatic heterocycles. The van der Waals surface area contributed by atoms with Crippen molar-refractivity contribution in [3.05, 3.63) is 22.4 Å². The molecule has 1 saturated heterocycles. The standard InChI is InChI=1S/C17H28N2O2S/c1-17(2,3)15-13(8-10-21-15)12-18-16(20)19(4)9-7-14-6-5-11-22-14/h5-6,11,13,15H,7-10,12H2,1-4H3,(H,18,20)/t13-,15-/m1/s1. The third-order valence-electron chi connectivity index (χ3n) is 4.20. The Balaban J connectivity index is 1.74. The molecule has 1 aromatic rings. The van der Waals surface area contributed by atoms with Gasteiger partial charge in [0.05, 0.1) is 6.10 Å². The molecule has 0 bridgehead atoms. The normalized spacial score (nSPS) is 21.8. The topological polar surface area (TPSA) is 41.6 Å². The summed E-state index contributed by atoms with van der Waals surface area (Å²) in [7, 11) is 1.86. The van der Waals surface area contributed by atoms with E-state index in [9.17, 15) is 4.79 Å². The second-order valence-corrected chi connectivity index (χ2v) is 8.18. The van der Waals surface area contributed by atoms with Gasteiger partial charge in [0.25, 0.3) is 0 Å². The van der Waals surface area contributed by atoms with Crippen LogP contribution < -0.4 is 5.32 Å². The molecule has 0 spiro atoms. The van der Waals surface area contributed by atoms with Gasteiger partial charge in [0, 0.05) is 37.5 Å². The second-order valence-electron chi connectivity index (χ2n) is 7.14. The van der Waals surface area contributed by atoms with E-state index in [0.29, 0.717) is 12.5 Å². The van der Waals surface area contributed by atoms with Gasteiger partial charge in [-0.1, -0.05) is 26.8 Å². The number of nitrogens with zero attached hydrogens (tertiary/aromatic N) is 1. The summed E-state index contributed by atoms with van der Waals surface area (Å²) in [5.74, 6) is 0.412. The van der Waals surface area contributed by atoms with Crippen LogP contribution in [0.4, 0.5) is 4.79 Å². The molecule has 0 unspecified atom stereocenters. The summed E-state index contributed by atoms with van der Waals surface area (Å²) >= 11 is 1.74. The number of carbonyl (C=O) groups excluding carboxylic acids is 1. The van der Waals surface area contributed by atoms with Crippen LogP contribution in [0.25, 0.3) is 0 Å². The third kappa shape index (κ3) is 4.71. The van der Waals surface area contributed by atoms with E-state index in [1.165, 1.54) is 4.88 Å². The maximum absolute atomic E-state index is 12.2. The van der Waals surface area contributed by atoms with Gasteiger partial charge in [0.2, 0.25) is 0 Å². The zero-order valence-corrected chi connectivity index (χ0v) is 14.9. The van der Waals surface area contributed by atoms with Crippen LogP contribution in [0, 0.1) is 11.3 Å². The molecule has 4 nitrogen and oxygen atoms in total. The molecule has 1 aliphatic rings. The SMILES string of the molecule is CN(CCc1cccs1)C(=O)NC[C@H]1CCO[C@H]1C(C)(C)C. The summed E-state index contributed by atoms with van der Waals surface area (Å²) in [5.41, 5.74) is 0.122. The van der Waals surface area contributed by atoms with Crippen LogP contribution in [0.1, 0.15) is 32.1 Å². The van der Waals surface area contributed by atoms with E-state index in [1.54, 1.807) is 16.2 Å². The van der Waals surface area contributed by atoms with Gasteiger partial charge >= 0.3 is 6.03 Å². The Morgan fingerprint density at radius 1 is 1.50 bits per heavy atom. The Labute approximate surface area is 137 Å². The first-order valence-electron chi connectivity index (χ1n) is 8.01. The highest BCUT2D eigenvalue weighted by molar-refractivity contribution is 7.09. The smallest absolute Gasteiger partial charge is 0.317 e. The zero-order chi connectivity index (χ0) is 16.2. The fourth-order valence-electron chi connectivity index (χ4n) is 2.99. The average molecular weight is 324 g/mol. The number of urea groups is 1. The van der Waals surface area contributed by atoms with Crippen molar-refractivity contribution in [1.29, 1.82) is 0 Å². The molecule has 2 rings (SSSR count). The minimum absolute atomic E-state index is 0.0103. The van der Waals surface area contributed by atoms with Crippen LogP contribution in [-0.2, 0) is 11.2 Å². The zero-order valence-electron chi connectivity index (χ0n) is 14.1. The van der Waals surface area contributed by atoms with Crippen molar-refractivity contribution >= 4 is 17.4 Å². The highest BCUT2D eigenvalue weighted by Gasteiger charge is 2.37. The van der Waals surface area contributed by atoms with E-state index in [4.69, 9.17) is 4.74 Å². The predicted molar refractivity (Wildman–Crippen MR) is 91.4 cm³/mol. The lowest BCUT2D eigenvalue weighted by Gasteiger charge is -2.31. The molecule has 5 heteroatoms. The van der Waals surface area contributed by atoms with Crippen LogP contribution in [0.15, 0.2) is 17.5 Å².